The van der Waals surface area contributed by atoms with Gasteiger partial charge >= 0.3 is 0 Å². The summed E-state index contributed by atoms with van der Waals surface area (Å²) >= 11 is 0. The van der Waals surface area contributed by atoms with Crippen molar-refractivity contribution in [2.45, 2.75) is 59.3 Å². The lowest BCUT2D eigenvalue weighted by molar-refractivity contribution is 0.807. The van der Waals surface area contributed by atoms with Crippen LogP contribution in [0.2, 0.25) is 0 Å². The fourth-order valence-corrected chi connectivity index (χ4v) is 4.95. The van der Waals surface area contributed by atoms with Gasteiger partial charge in [-0.25, -0.2) is 4.98 Å². The van der Waals surface area contributed by atoms with Crippen molar-refractivity contribution in [3.63, 3.8) is 0 Å². The van der Waals surface area contributed by atoms with Gasteiger partial charge in [-0.3, -0.25) is 4.40 Å². The SMILES string of the molecule is CC(C)c1cc(C(C)C)c(-c2cn3c4ccccc4c4ccccc4c3n2)c(C(C)C)c1. The Bertz CT molecular complexity index is 1350. The van der Waals surface area contributed by atoms with E-state index in [1.54, 1.807) is 0 Å². The van der Waals surface area contributed by atoms with Crippen molar-refractivity contribution in [2.75, 3.05) is 0 Å². The van der Waals surface area contributed by atoms with Gasteiger partial charge in [-0.2, -0.15) is 0 Å². The van der Waals surface area contributed by atoms with Crippen LogP contribution in [0.1, 0.15) is 76.0 Å². The summed E-state index contributed by atoms with van der Waals surface area (Å²) in [7, 11) is 0. The number of fused-ring (bicyclic) bond motifs is 6. The first-order valence-corrected chi connectivity index (χ1v) is 11.8. The van der Waals surface area contributed by atoms with Gasteiger partial charge < -0.3 is 0 Å². The minimum atomic E-state index is 0.430. The second-order valence-electron chi connectivity index (χ2n) is 9.92. The third-order valence-electron chi connectivity index (χ3n) is 6.72. The third-order valence-corrected chi connectivity index (χ3v) is 6.72. The Labute approximate surface area is 190 Å². The van der Waals surface area contributed by atoms with Crippen LogP contribution in [-0.4, -0.2) is 9.38 Å². The monoisotopic (exact) mass is 420 g/mol. The van der Waals surface area contributed by atoms with Crippen molar-refractivity contribution in [1.29, 1.82) is 0 Å². The number of rotatable bonds is 4. The van der Waals surface area contributed by atoms with Crippen LogP contribution in [0.3, 0.4) is 0 Å². The van der Waals surface area contributed by atoms with E-state index in [2.05, 4.69) is 113 Å². The average molecular weight is 421 g/mol. The van der Waals surface area contributed by atoms with Gasteiger partial charge in [0.2, 0.25) is 0 Å². The van der Waals surface area contributed by atoms with E-state index in [0.717, 1.165) is 11.3 Å². The molecule has 0 saturated heterocycles. The van der Waals surface area contributed by atoms with Crippen LogP contribution in [-0.2, 0) is 0 Å². The molecule has 32 heavy (non-hydrogen) atoms. The summed E-state index contributed by atoms with van der Waals surface area (Å²) in [6.45, 7) is 13.8. The maximum atomic E-state index is 5.28. The first-order valence-electron chi connectivity index (χ1n) is 11.8. The van der Waals surface area contributed by atoms with Crippen LogP contribution in [0.25, 0.3) is 38.6 Å². The van der Waals surface area contributed by atoms with Crippen molar-refractivity contribution >= 4 is 27.3 Å². The summed E-state index contributed by atoms with van der Waals surface area (Å²) in [6.07, 6.45) is 2.26. The number of para-hydroxylation sites is 1. The molecule has 0 N–H and O–H groups in total. The van der Waals surface area contributed by atoms with Gasteiger partial charge in [0.15, 0.2) is 0 Å². The van der Waals surface area contributed by atoms with Crippen LogP contribution in [0.15, 0.2) is 66.9 Å². The molecule has 0 atom stereocenters. The lowest BCUT2D eigenvalue weighted by Crippen LogP contribution is -2.03. The molecule has 162 valence electrons. The number of pyridine rings is 1. The molecule has 0 aliphatic carbocycles. The van der Waals surface area contributed by atoms with E-state index in [1.165, 1.54) is 43.9 Å². The molecule has 0 unspecified atom stereocenters. The molecule has 2 heterocycles. The summed E-state index contributed by atoms with van der Waals surface area (Å²) in [4.78, 5) is 5.28. The van der Waals surface area contributed by atoms with Crippen molar-refractivity contribution < 1.29 is 0 Å². The minimum absolute atomic E-state index is 0.430. The van der Waals surface area contributed by atoms with Crippen molar-refractivity contribution in [1.82, 2.24) is 9.38 Å². The number of aromatic nitrogens is 2. The van der Waals surface area contributed by atoms with Crippen molar-refractivity contribution in [3.8, 4) is 11.3 Å². The van der Waals surface area contributed by atoms with Gasteiger partial charge in [-0.05, 0) is 45.9 Å². The zero-order valence-electron chi connectivity index (χ0n) is 20.0. The van der Waals surface area contributed by atoms with Crippen LogP contribution in [0, 0.1) is 0 Å². The normalized spacial score (nSPS) is 12.3. The van der Waals surface area contributed by atoms with E-state index < -0.39 is 0 Å². The minimum Gasteiger partial charge on any atom is -0.298 e. The highest BCUT2D eigenvalue weighted by Gasteiger charge is 2.21. The highest BCUT2D eigenvalue weighted by atomic mass is 15.0. The largest absolute Gasteiger partial charge is 0.298 e. The summed E-state index contributed by atoms with van der Waals surface area (Å²) in [5, 5.41) is 3.73. The third kappa shape index (κ3) is 3.21. The lowest BCUT2D eigenvalue weighted by atomic mass is 9.83. The fourth-order valence-electron chi connectivity index (χ4n) is 4.95. The topological polar surface area (TPSA) is 17.3 Å². The Morgan fingerprint density at radius 2 is 1.22 bits per heavy atom. The quantitative estimate of drug-likeness (QED) is 0.266. The second kappa shape index (κ2) is 7.78. The molecule has 2 aromatic heterocycles. The molecule has 0 saturated carbocycles. The van der Waals surface area contributed by atoms with E-state index in [-0.39, 0.29) is 0 Å². The highest BCUT2D eigenvalue weighted by molar-refractivity contribution is 6.11. The highest BCUT2D eigenvalue weighted by Crippen LogP contribution is 2.39. The number of hydrogen-bond donors (Lipinski definition) is 0. The van der Waals surface area contributed by atoms with Gasteiger partial charge in [0, 0.05) is 22.5 Å². The predicted octanol–water partition coefficient (Wildman–Crippen LogP) is 8.68. The maximum absolute atomic E-state index is 5.28. The zero-order chi connectivity index (χ0) is 22.6. The van der Waals surface area contributed by atoms with Crippen LogP contribution in [0.5, 0.6) is 0 Å². The van der Waals surface area contributed by atoms with Gasteiger partial charge in [-0.15, -0.1) is 0 Å². The van der Waals surface area contributed by atoms with E-state index in [0.29, 0.717) is 17.8 Å². The zero-order valence-corrected chi connectivity index (χ0v) is 20.0. The molecule has 2 heteroatoms. The molecule has 5 rings (SSSR count). The Morgan fingerprint density at radius 3 is 1.81 bits per heavy atom. The molecular weight excluding hydrogens is 388 g/mol. The van der Waals surface area contributed by atoms with Crippen molar-refractivity contribution in [3.05, 3.63) is 83.6 Å². The van der Waals surface area contributed by atoms with Crippen molar-refractivity contribution in [2.24, 2.45) is 0 Å². The molecule has 0 aliphatic heterocycles. The molecule has 0 amide bonds. The maximum Gasteiger partial charge on any atom is 0.145 e. The summed E-state index contributed by atoms with van der Waals surface area (Å²) in [5.41, 5.74) is 8.85. The molecule has 0 spiro atoms. The number of benzene rings is 3. The Kier molecular flexibility index (Phi) is 5.04. The second-order valence-corrected chi connectivity index (χ2v) is 9.92. The smallest absolute Gasteiger partial charge is 0.145 e. The van der Waals surface area contributed by atoms with Crippen LogP contribution in [0.4, 0.5) is 0 Å². The molecule has 0 radical (unpaired) electrons. The van der Waals surface area contributed by atoms with E-state index in [1.807, 2.05) is 0 Å². The fraction of sp³-hybridized carbons (Fsp3) is 0.300. The molecule has 0 fully saturated rings. The van der Waals surface area contributed by atoms with Gasteiger partial charge in [0.25, 0.3) is 0 Å². The summed E-state index contributed by atoms with van der Waals surface area (Å²) in [5.74, 6) is 1.37. The lowest BCUT2D eigenvalue weighted by Gasteiger charge is -2.22. The predicted molar refractivity (Wildman–Crippen MR) is 138 cm³/mol. The first-order chi connectivity index (χ1) is 15.4. The van der Waals surface area contributed by atoms with Gasteiger partial charge in [-0.1, -0.05) is 96.1 Å². The molecule has 5 aromatic rings. The summed E-state index contributed by atoms with van der Waals surface area (Å²) in [6, 6.07) is 22.1. The molecule has 3 aromatic carbocycles. The number of hydrogen-bond acceptors (Lipinski definition) is 1. The van der Waals surface area contributed by atoms with E-state index in [4.69, 9.17) is 4.98 Å². The van der Waals surface area contributed by atoms with E-state index in [9.17, 15) is 0 Å². The van der Waals surface area contributed by atoms with E-state index >= 15 is 0 Å². The Balaban J connectivity index is 1.91. The molecular formula is C30H32N2. The summed E-state index contributed by atoms with van der Waals surface area (Å²) < 4.78 is 2.29. The van der Waals surface area contributed by atoms with Crippen LogP contribution < -0.4 is 0 Å². The molecule has 0 aliphatic rings. The molecule has 2 nitrogen and oxygen atoms in total. The standard InChI is InChI=1S/C30H32N2/c1-18(2)21-15-25(19(3)4)29(26(16-21)20(5)6)27-17-32-28-14-10-9-12-23(28)22-11-7-8-13-24(22)30(32)31-27/h7-20H,1-6H3. The Morgan fingerprint density at radius 1 is 0.656 bits per heavy atom. The number of imidazole rings is 1. The van der Waals surface area contributed by atoms with Gasteiger partial charge in [0.05, 0.1) is 11.2 Å². The Hall–Kier alpha value is -3.13. The van der Waals surface area contributed by atoms with Crippen LogP contribution >= 0.6 is 0 Å². The first kappa shape index (κ1) is 20.8. The molecule has 0 bridgehead atoms. The number of nitrogens with zero attached hydrogens (tertiary/aromatic N) is 2. The average Bonchev–Trinajstić information content (AvgIpc) is 3.23. The van der Waals surface area contributed by atoms with Gasteiger partial charge in [0.1, 0.15) is 5.65 Å².